The van der Waals surface area contributed by atoms with Crippen molar-refractivity contribution in [3.8, 4) is 5.75 Å². The van der Waals surface area contributed by atoms with E-state index in [0.717, 1.165) is 0 Å². The fourth-order valence-corrected chi connectivity index (χ4v) is 1.97. The van der Waals surface area contributed by atoms with Crippen LogP contribution in [0.25, 0.3) is 0 Å². The molecule has 0 fully saturated rings. The molecule has 0 N–H and O–H groups in total. The molecular weight excluding hydrogens is 243 g/mol. The molecule has 0 saturated heterocycles. The zero-order chi connectivity index (χ0) is 9.14. The highest BCUT2D eigenvalue weighted by atomic mass is 79.9. The molecule has 0 aromatic heterocycles. The van der Waals surface area contributed by atoms with Crippen molar-refractivity contribution in [1.29, 1.82) is 0 Å². The van der Waals surface area contributed by atoms with E-state index in [1.165, 1.54) is 18.9 Å². The molecule has 0 spiro atoms. The Balaban J connectivity index is 3.25. The van der Waals surface area contributed by atoms with Gasteiger partial charge in [-0.3, -0.25) is 0 Å². The quantitative estimate of drug-likeness (QED) is 0.745. The number of methoxy groups -OCH3 is 1. The first-order valence-corrected chi connectivity index (χ1v) is 5.28. The average Bonchev–Trinajstić information content (AvgIpc) is 2.09. The van der Waals surface area contributed by atoms with Crippen LogP contribution in [-0.4, -0.2) is 13.4 Å². The van der Waals surface area contributed by atoms with Gasteiger partial charge >= 0.3 is 0 Å². The van der Waals surface area contributed by atoms with Gasteiger partial charge in [0.1, 0.15) is 5.75 Å². The summed E-state index contributed by atoms with van der Waals surface area (Å²) in [5, 5.41) is 0. The SMILES string of the molecule is COc1ccc(Br)c(F)c1SC. The lowest BCUT2D eigenvalue weighted by Gasteiger charge is -2.07. The molecule has 0 heterocycles. The van der Waals surface area contributed by atoms with Gasteiger partial charge in [-0.25, -0.2) is 4.39 Å². The lowest BCUT2D eigenvalue weighted by atomic mass is 10.3. The minimum atomic E-state index is -0.262. The number of halogens is 2. The third-order valence-electron chi connectivity index (χ3n) is 1.44. The highest BCUT2D eigenvalue weighted by Gasteiger charge is 2.10. The van der Waals surface area contributed by atoms with Crippen molar-refractivity contribution in [3.05, 3.63) is 22.4 Å². The van der Waals surface area contributed by atoms with Crippen molar-refractivity contribution in [1.82, 2.24) is 0 Å². The largest absolute Gasteiger partial charge is 0.495 e. The van der Waals surface area contributed by atoms with E-state index in [2.05, 4.69) is 15.9 Å². The molecule has 0 atom stereocenters. The van der Waals surface area contributed by atoms with Crippen LogP contribution in [0.5, 0.6) is 5.75 Å². The van der Waals surface area contributed by atoms with Crippen LogP contribution in [0.3, 0.4) is 0 Å². The number of hydrogen-bond acceptors (Lipinski definition) is 2. The van der Waals surface area contributed by atoms with E-state index in [-0.39, 0.29) is 5.82 Å². The van der Waals surface area contributed by atoms with Gasteiger partial charge in [-0.2, -0.15) is 0 Å². The van der Waals surface area contributed by atoms with E-state index in [4.69, 9.17) is 4.74 Å². The zero-order valence-electron chi connectivity index (χ0n) is 6.73. The zero-order valence-corrected chi connectivity index (χ0v) is 9.13. The molecule has 0 amide bonds. The average molecular weight is 251 g/mol. The lowest BCUT2D eigenvalue weighted by Crippen LogP contribution is -1.90. The lowest BCUT2D eigenvalue weighted by molar-refractivity contribution is 0.397. The topological polar surface area (TPSA) is 9.23 Å². The molecule has 0 aliphatic rings. The first-order chi connectivity index (χ1) is 5.70. The van der Waals surface area contributed by atoms with Gasteiger partial charge in [0.25, 0.3) is 0 Å². The second-order valence-electron chi connectivity index (χ2n) is 2.10. The molecular formula is C8H8BrFOS. The summed E-state index contributed by atoms with van der Waals surface area (Å²) in [6.07, 6.45) is 1.81. The number of thioether (sulfide) groups is 1. The normalized spacial score (nSPS) is 10.0. The molecule has 0 bridgehead atoms. The van der Waals surface area contributed by atoms with Crippen molar-refractivity contribution in [2.75, 3.05) is 13.4 Å². The summed E-state index contributed by atoms with van der Waals surface area (Å²) in [6.45, 7) is 0. The summed E-state index contributed by atoms with van der Waals surface area (Å²) in [5.74, 6) is 0.310. The number of hydrogen-bond donors (Lipinski definition) is 0. The van der Waals surface area contributed by atoms with Crippen LogP contribution in [0.1, 0.15) is 0 Å². The van der Waals surface area contributed by atoms with Gasteiger partial charge in [-0.15, -0.1) is 11.8 Å². The van der Waals surface area contributed by atoms with E-state index in [9.17, 15) is 4.39 Å². The van der Waals surface area contributed by atoms with Crippen LogP contribution < -0.4 is 4.74 Å². The van der Waals surface area contributed by atoms with Crippen LogP contribution in [0.15, 0.2) is 21.5 Å². The number of ether oxygens (including phenoxy) is 1. The number of rotatable bonds is 2. The molecule has 1 rings (SSSR count). The molecule has 0 unspecified atom stereocenters. The Kier molecular flexibility index (Phi) is 3.40. The Hall–Kier alpha value is -0.220. The van der Waals surface area contributed by atoms with E-state index in [1.807, 2.05) is 6.26 Å². The molecule has 12 heavy (non-hydrogen) atoms. The maximum atomic E-state index is 13.3. The Bertz CT molecular complexity index is 291. The van der Waals surface area contributed by atoms with Crippen molar-refractivity contribution >= 4 is 27.7 Å². The monoisotopic (exact) mass is 250 g/mol. The van der Waals surface area contributed by atoms with Gasteiger partial charge in [0.05, 0.1) is 16.5 Å². The summed E-state index contributed by atoms with van der Waals surface area (Å²) in [4.78, 5) is 0.534. The molecule has 0 radical (unpaired) electrons. The molecule has 1 nitrogen and oxygen atoms in total. The minimum absolute atomic E-state index is 0.262. The van der Waals surface area contributed by atoms with Gasteiger partial charge in [0, 0.05) is 0 Å². The predicted octanol–water partition coefficient (Wildman–Crippen LogP) is 3.32. The highest BCUT2D eigenvalue weighted by molar-refractivity contribution is 9.10. The first-order valence-electron chi connectivity index (χ1n) is 3.26. The third-order valence-corrected chi connectivity index (χ3v) is 2.84. The maximum Gasteiger partial charge on any atom is 0.154 e. The van der Waals surface area contributed by atoms with Crippen LogP contribution in [0.4, 0.5) is 4.39 Å². The summed E-state index contributed by atoms with van der Waals surface area (Å²) >= 11 is 4.44. The molecule has 0 saturated carbocycles. The second-order valence-corrected chi connectivity index (χ2v) is 3.77. The molecule has 66 valence electrons. The maximum absolute atomic E-state index is 13.3. The van der Waals surface area contributed by atoms with Crippen LogP contribution >= 0.6 is 27.7 Å². The van der Waals surface area contributed by atoms with Crippen LogP contribution in [0.2, 0.25) is 0 Å². The fraction of sp³-hybridized carbons (Fsp3) is 0.250. The van der Waals surface area contributed by atoms with E-state index >= 15 is 0 Å². The van der Waals surface area contributed by atoms with Crippen LogP contribution in [0, 0.1) is 5.82 Å². The molecule has 0 aliphatic heterocycles. The highest BCUT2D eigenvalue weighted by Crippen LogP contribution is 2.33. The van der Waals surface area contributed by atoms with E-state index in [0.29, 0.717) is 15.1 Å². The molecule has 0 aliphatic carbocycles. The predicted molar refractivity (Wildman–Crippen MR) is 52.4 cm³/mol. The Morgan fingerprint density at radius 1 is 1.50 bits per heavy atom. The Morgan fingerprint density at radius 2 is 2.17 bits per heavy atom. The smallest absolute Gasteiger partial charge is 0.154 e. The van der Waals surface area contributed by atoms with Gasteiger partial charge < -0.3 is 4.74 Å². The molecule has 1 aromatic carbocycles. The fourth-order valence-electron chi connectivity index (χ4n) is 0.865. The van der Waals surface area contributed by atoms with Gasteiger partial charge in [0.2, 0.25) is 0 Å². The third kappa shape index (κ3) is 1.75. The Morgan fingerprint density at radius 3 is 2.67 bits per heavy atom. The first kappa shape index (κ1) is 9.86. The molecule has 4 heteroatoms. The van der Waals surface area contributed by atoms with Crippen LogP contribution in [-0.2, 0) is 0 Å². The summed E-state index contributed by atoms with van der Waals surface area (Å²) in [5.41, 5.74) is 0. The second kappa shape index (κ2) is 4.14. The number of benzene rings is 1. The summed E-state index contributed by atoms with van der Waals surface area (Å²) in [6, 6.07) is 3.37. The Labute approximate surface area is 83.4 Å². The van der Waals surface area contributed by atoms with Crippen molar-refractivity contribution in [2.45, 2.75) is 4.90 Å². The summed E-state index contributed by atoms with van der Waals surface area (Å²) < 4.78 is 18.8. The van der Waals surface area contributed by atoms with Crippen molar-refractivity contribution in [3.63, 3.8) is 0 Å². The standard InChI is InChI=1S/C8H8BrFOS/c1-11-6-4-3-5(9)7(10)8(6)12-2/h3-4H,1-2H3. The van der Waals surface area contributed by atoms with Crippen molar-refractivity contribution in [2.24, 2.45) is 0 Å². The van der Waals surface area contributed by atoms with Gasteiger partial charge in [-0.05, 0) is 34.3 Å². The van der Waals surface area contributed by atoms with E-state index in [1.54, 1.807) is 12.1 Å². The molecule has 1 aromatic rings. The van der Waals surface area contributed by atoms with Gasteiger partial charge in [-0.1, -0.05) is 0 Å². The minimum Gasteiger partial charge on any atom is -0.495 e. The van der Waals surface area contributed by atoms with Crippen molar-refractivity contribution < 1.29 is 9.13 Å². The van der Waals surface area contributed by atoms with Gasteiger partial charge in [0.15, 0.2) is 5.82 Å². The summed E-state index contributed by atoms with van der Waals surface area (Å²) in [7, 11) is 1.53. The van der Waals surface area contributed by atoms with E-state index < -0.39 is 0 Å².